The Bertz CT molecular complexity index is 165. The molecule has 1 aliphatic carbocycles. The highest BCUT2D eigenvalue weighted by molar-refractivity contribution is 5.71. The van der Waals surface area contributed by atoms with Crippen LogP contribution in [0.3, 0.4) is 0 Å². The summed E-state index contributed by atoms with van der Waals surface area (Å²) in [6.45, 7) is 2.06. The zero-order chi connectivity index (χ0) is 10.8. The highest BCUT2D eigenvalue weighted by atomic mass is 16.4. The molecule has 0 atom stereocenters. The van der Waals surface area contributed by atoms with Crippen LogP contribution in [0, 0.1) is 5.92 Å². The first-order chi connectivity index (χ1) is 6.66. The maximum absolute atomic E-state index is 9.54. The van der Waals surface area contributed by atoms with Gasteiger partial charge in [-0.25, -0.2) is 0 Å². The molecule has 1 amide bonds. The van der Waals surface area contributed by atoms with Crippen LogP contribution in [-0.4, -0.2) is 24.0 Å². The van der Waals surface area contributed by atoms with E-state index in [1.54, 1.807) is 0 Å². The third-order valence-electron chi connectivity index (χ3n) is 2.23. The number of carboxylic acids is 1. The molecule has 1 saturated carbocycles. The van der Waals surface area contributed by atoms with Gasteiger partial charge in [0.25, 0.3) is 0 Å². The fraction of sp³-hybridized carbons (Fsp3) is 0.800. The fourth-order valence-electron chi connectivity index (χ4n) is 1.44. The number of nitrogens with one attached hydrogen (secondary N) is 1. The Balaban J connectivity index is 0.000000241. The van der Waals surface area contributed by atoms with Gasteiger partial charge in [0.1, 0.15) is 6.54 Å². The monoisotopic (exact) mass is 201 g/mol. The van der Waals surface area contributed by atoms with Crippen molar-refractivity contribution in [1.29, 1.82) is 0 Å². The minimum Gasteiger partial charge on any atom is -0.480 e. The summed E-state index contributed by atoms with van der Waals surface area (Å²) < 4.78 is 0. The van der Waals surface area contributed by atoms with E-state index in [1.165, 1.54) is 32.1 Å². The van der Waals surface area contributed by atoms with Crippen LogP contribution in [0.1, 0.15) is 39.0 Å². The Morgan fingerprint density at radius 3 is 2.21 bits per heavy atom. The van der Waals surface area contributed by atoms with Gasteiger partial charge in [-0.15, -0.1) is 0 Å². The van der Waals surface area contributed by atoms with Gasteiger partial charge in [0.15, 0.2) is 0 Å². The number of carboxylic acid groups (broad SMARTS) is 1. The molecule has 0 aliphatic heterocycles. The van der Waals surface area contributed by atoms with Gasteiger partial charge < -0.3 is 10.4 Å². The van der Waals surface area contributed by atoms with Gasteiger partial charge in [-0.3, -0.25) is 9.59 Å². The first-order valence-corrected chi connectivity index (χ1v) is 5.05. The lowest BCUT2D eigenvalue weighted by atomic mass is 9.91. The van der Waals surface area contributed by atoms with Crippen LogP contribution in [0.5, 0.6) is 0 Å². The van der Waals surface area contributed by atoms with E-state index in [-0.39, 0.29) is 6.54 Å². The third kappa shape index (κ3) is 9.03. The maximum atomic E-state index is 9.54. The summed E-state index contributed by atoms with van der Waals surface area (Å²) in [5.74, 6) is 0.000787. The Kier molecular flexibility index (Phi) is 7.89. The SMILES string of the molecule is CC1CCCCC1.O=CNCC(=O)O. The van der Waals surface area contributed by atoms with E-state index >= 15 is 0 Å². The van der Waals surface area contributed by atoms with Crippen LogP contribution < -0.4 is 5.32 Å². The summed E-state index contributed by atoms with van der Waals surface area (Å²) in [6.07, 6.45) is 7.78. The summed E-state index contributed by atoms with van der Waals surface area (Å²) in [7, 11) is 0. The summed E-state index contributed by atoms with van der Waals surface area (Å²) in [4.78, 5) is 18.9. The van der Waals surface area contributed by atoms with Gasteiger partial charge >= 0.3 is 5.97 Å². The van der Waals surface area contributed by atoms with E-state index in [2.05, 4.69) is 6.92 Å². The largest absolute Gasteiger partial charge is 0.480 e. The predicted molar refractivity (Wildman–Crippen MR) is 54.0 cm³/mol. The smallest absolute Gasteiger partial charge is 0.322 e. The van der Waals surface area contributed by atoms with Crippen molar-refractivity contribution in [2.75, 3.05) is 6.54 Å². The van der Waals surface area contributed by atoms with Crippen molar-refractivity contribution in [1.82, 2.24) is 5.32 Å². The molecule has 1 aliphatic rings. The zero-order valence-electron chi connectivity index (χ0n) is 8.66. The lowest BCUT2D eigenvalue weighted by Crippen LogP contribution is -2.20. The van der Waals surface area contributed by atoms with Crippen molar-refractivity contribution in [3.8, 4) is 0 Å². The van der Waals surface area contributed by atoms with Gasteiger partial charge in [0.05, 0.1) is 0 Å². The molecule has 0 bridgehead atoms. The molecule has 0 spiro atoms. The second-order valence-electron chi connectivity index (χ2n) is 3.64. The van der Waals surface area contributed by atoms with Crippen LogP contribution in [-0.2, 0) is 9.59 Å². The number of carbonyl (C=O) groups is 2. The third-order valence-corrected chi connectivity index (χ3v) is 2.23. The molecule has 82 valence electrons. The summed E-state index contributed by atoms with van der Waals surface area (Å²) in [5.41, 5.74) is 0. The zero-order valence-corrected chi connectivity index (χ0v) is 8.66. The first-order valence-electron chi connectivity index (χ1n) is 5.05. The molecular weight excluding hydrogens is 182 g/mol. The van der Waals surface area contributed by atoms with Crippen molar-refractivity contribution < 1.29 is 14.7 Å². The molecule has 0 aromatic rings. The van der Waals surface area contributed by atoms with Crippen LogP contribution in [0.15, 0.2) is 0 Å². The minimum atomic E-state index is -1.04. The van der Waals surface area contributed by atoms with Crippen LogP contribution in [0.2, 0.25) is 0 Å². The maximum Gasteiger partial charge on any atom is 0.322 e. The highest BCUT2D eigenvalue weighted by Crippen LogP contribution is 2.21. The molecule has 0 saturated heterocycles. The van der Waals surface area contributed by atoms with E-state index in [0.29, 0.717) is 6.41 Å². The molecule has 1 fully saturated rings. The molecular formula is C10H19NO3. The molecule has 4 nitrogen and oxygen atoms in total. The summed E-state index contributed by atoms with van der Waals surface area (Å²) >= 11 is 0. The normalized spacial score (nSPS) is 16.4. The molecule has 1 rings (SSSR count). The van der Waals surface area contributed by atoms with E-state index in [9.17, 15) is 9.59 Å². The van der Waals surface area contributed by atoms with Crippen LogP contribution in [0.25, 0.3) is 0 Å². The number of amides is 1. The van der Waals surface area contributed by atoms with Gasteiger partial charge in [-0.2, -0.15) is 0 Å². The lowest BCUT2D eigenvalue weighted by Gasteiger charge is -2.15. The number of aliphatic carboxylic acids is 1. The average molecular weight is 201 g/mol. The first kappa shape index (κ1) is 12.9. The average Bonchev–Trinajstić information content (AvgIpc) is 2.17. The molecule has 0 radical (unpaired) electrons. The second kappa shape index (κ2) is 8.53. The highest BCUT2D eigenvalue weighted by Gasteiger charge is 2.05. The van der Waals surface area contributed by atoms with E-state index < -0.39 is 5.97 Å². The Labute approximate surface area is 84.7 Å². The Hall–Kier alpha value is -1.06. The molecule has 4 heteroatoms. The van der Waals surface area contributed by atoms with E-state index in [0.717, 1.165) is 5.92 Å². The fourth-order valence-corrected chi connectivity index (χ4v) is 1.44. The van der Waals surface area contributed by atoms with Gasteiger partial charge in [0.2, 0.25) is 6.41 Å². The van der Waals surface area contributed by atoms with Gasteiger partial charge in [-0.05, 0) is 5.92 Å². The minimum absolute atomic E-state index is 0.302. The van der Waals surface area contributed by atoms with E-state index in [1.807, 2.05) is 5.32 Å². The molecule has 0 unspecified atom stereocenters. The lowest BCUT2D eigenvalue weighted by molar-refractivity contribution is -0.136. The van der Waals surface area contributed by atoms with Crippen molar-refractivity contribution in [3.63, 3.8) is 0 Å². The van der Waals surface area contributed by atoms with E-state index in [4.69, 9.17) is 5.11 Å². The Morgan fingerprint density at radius 1 is 1.43 bits per heavy atom. The Morgan fingerprint density at radius 2 is 2.00 bits per heavy atom. The van der Waals surface area contributed by atoms with Gasteiger partial charge in [0, 0.05) is 0 Å². The van der Waals surface area contributed by atoms with Gasteiger partial charge in [-0.1, -0.05) is 39.0 Å². The molecule has 0 aromatic carbocycles. The van der Waals surface area contributed by atoms with Crippen molar-refractivity contribution in [3.05, 3.63) is 0 Å². The number of rotatable bonds is 3. The second-order valence-corrected chi connectivity index (χ2v) is 3.64. The van der Waals surface area contributed by atoms with Crippen molar-refractivity contribution in [2.45, 2.75) is 39.0 Å². The number of hydrogen-bond donors (Lipinski definition) is 2. The molecule has 0 aromatic heterocycles. The quantitative estimate of drug-likeness (QED) is 0.678. The topological polar surface area (TPSA) is 66.4 Å². The molecule has 2 N–H and O–H groups in total. The van der Waals surface area contributed by atoms with Crippen molar-refractivity contribution >= 4 is 12.4 Å². The predicted octanol–water partition coefficient (Wildman–Crippen LogP) is 1.40. The number of hydrogen-bond acceptors (Lipinski definition) is 2. The van der Waals surface area contributed by atoms with Crippen LogP contribution in [0.4, 0.5) is 0 Å². The van der Waals surface area contributed by atoms with Crippen molar-refractivity contribution in [2.24, 2.45) is 5.92 Å². The molecule has 0 heterocycles. The van der Waals surface area contributed by atoms with Crippen LogP contribution >= 0.6 is 0 Å². The summed E-state index contributed by atoms with van der Waals surface area (Å²) in [6, 6.07) is 0. The number of carbonyl (C=O) groups excluding carboxylic acids is 1. The summed E-state index contributed by atoms with van der Waals surface area (Å²) in [5, 5.41) is 9.79. The molecule has 14 heavy (non-hydrogen) atoms. The standard InChI is InChI=1S/C7H14.C3H5NO3/c1-7-5-3-2-4-6-7;5-2-4-1-3(6)7/h7H,2-6H2,1H3;2H,1H2,(H,4,5)(H,6,7).